The Morgan fingerprint density at radius 1 is 1.59 bits per heavy atom. The van der Waals surface area contributed by atoms with Crippen LogP contribution in [0.1, 0.15) is 43.0 Å². The average Bonchev–Trinajstić information content (AvgIpc) is 2.28. The summed E-state index contributed by atoms with van der Waals surface area (Å²) in [7, 11) is 0. The predicted molar refractivity (Wildman–Crippen MR) is 63.1 cm³/mol. The average molecular weight is 236 g/mol. The smallest absolute Gasteiger partial charge is 0.255 e. The summed E-state index contributed by atoms with van der Waals surface area (Å²) in [6.07, 6.45) is 5.93. The van der Waals surface area contributed by atoms with Gasteiger partial charge in [-0.15, -0.1) is 0 Å². The third-order valence-corrected chi connectivity index (χ3v) is 3.79. The van der Waals surface area contributed by atoms with Crippen molar-refractivity contribution >= 4 is 5.91 Å². The molecule has 0 saturated heterocycles. The van der Waals surface area contributed by atoms with Crippen molar-refractivity contribution in [3.8, 4) is 0 Å². The van der Waals surface area contributed by atoms with Crippen molar-refractivity contribution < 1.29 is 9.18 Å². The zero-order chi connectivity index (χ0) is 12.3. The van der Waals surface area contributed by atoms with Crippen LogP contribution in [0.15, 0.2) is 18.3 Å². The monoisotopic (exact) mass is 236 g/mol. The van der Waals surface area contributed by atoms with E-state index in [4.69, 9.17) is 0 Å². The maximum atomic E-state index is 13.3. The Morgan fingerprint density at radius 3 is 2.88 bits per heavy atom. The van der Waals surface area contributed by atoms with E-state index in [0.717, 1.165) is 19.3 Å². The SMILES string of the molecule is CCC1(CNC(=O)c2cccnc2F)CCC1. The molecule has 1 saturated carbocycles. The van der Waals surface area contributed by atoms with E-state index in [9.17, 15) is 9.18 Å². The zero-order valence-electron chi connectivity index (χ0n) is 10.0. The second-order valence-electron chi connectivity index (χ2n) is 4.73. The van der Waals surface area contributed by atoms with E-state index in [-0.39, 0.29) is 16.9 Å². The van der Waals surface area contributed by atoms with Gasteiger partial charge in [-0.1, -0.05) is 13.3 Å². The first-order valence-corrected chi connectivity index (χ1v) is 6.06. The number of halogens is 1. The van der Waals surface area contributed by atoms with Gasteiger partial charge in [-0.3, -0.25) is 4.79 Å². The Kier molecular flexibility index (Phi) is 3.41. The van der Waals surface area contributed by atoms with Gasteiger partial charge in [-0.25, -0.2) is 4.98 Å². The molecule has 0 spiro atoms. The lowest BCUT2D eigenvalue weighted by molar-refractivity contribution is 0.0845. The van der Waals surface area contributed by atoms with Crippen LogP contribution < -0.4 is 5.32 Å². The first-order valence-electron chi connectivity index (χ1n) is 6.06. The van der Waals surface area contributed by atoms with Crippen molar-refractivity contribution in [2.75, 3.05) is 6.54 Å². The Morgan fingerprint density at radius 2 is 2.35 bits per heavy atom. The molecule has 1 amide bonds. The highest BCUT2D eigenvalue weighted by molar-refractivity contribution is 5.94. The fraction of sp³-hybridized carbons (Fsp3) is 0.538. The van der Waals surface area contributed by atoms with Crippen LogP contribution in [0.25, 0.3) is 0 Å². The number of carbonyl (C=O) groups is 1. The normalized spacial score (nSPS) is 17.3. The standard InChI is InChI=1S/C13H17FN2O/c1-2-13(6-4-7-13)9-16-12(17)10-5-3-8-15-11(10)14/h3,5,8H,2,4,6-7,9H2,1H3,(H,16,17). The number of carbonyl (C=O) groups excluding carboxylic acids is 1. The molecule has 1 N–H and O–H groups in total. The molecule has 1 heterocycles. The summed E-state index contributed by atoms with van der Waals surface area (Å²) in [6.45, 7) is 2.77. The van der Waals surface area contributed by atoms with E-state index in [2.05, 4.69) is 17.2 Å². The van der Waals surface area contributed by atoms with Gasteiger partial charge in [0, 0.05) is 12.7 Å². The molecule has 0 radical (unpaired) electrons. The van der Waals surface area contributed by atoms with Gasteiger partial charge in [-0.2, -0.15) is 4.39 Å². The van der Waals surface area contributed by atoms with E-state index in [1.54, 1.807) is 6.07 Å². The molecule has 1 aliphatic rings. The molecule has 92 valence electrons. The van der Waals surface area contributed by atoms with Crippen molar-refractivity contribution in [2.24, 2.45) is 5.41 Å². The number of amides is 1. The molecule has 0 aliphatic heterocycles. The third kappa shape index (κ3) is 2.46. The fourth-order valence-corrected chi connectivity index (χ4v) is 2.25. The zero-order valence-corrected chi connectivity index (χ0v) is 10.0. The summed E-state index contributed by atoms with van der Waals surface area (Å²) in [5.74, 6) is -1.07. The lowest BCUT2D eigenvalue weighted by atomic mass is 9.67. The van der Waals surface area contributed by atoms with Crippen LogP contribution in [0.3, 0.4) is 0 Å². The fourth-order valence-electron chi connectivity index (χ4n) is 2.25. The Labute approximate surface area is 100 Å². The van der Waals surface area contributed by atoms with Crippen LogP contribution in [0.4, 0.5) is 4.39 Å². The highest BCUT2D eigenvalue weighted by atomic mass is 19.1. The molecule has 17 heavy (non-hydrogen) atoms. The molecular formula is C13H17FN2O. The summed E-state index contributed by atoms with van der Waals surface area (Å²) in [5.41, 5.74) is 0.270. The maximum absolute atomic E-state index is 13.3. The molecule has 2 rings (SSSR count). The number of rotatable bonds is 4. The van der Waals surface area contributed by atoms with Crippen molar-refractivity contribution in [1.29, 1.82) is 0 Å². The van der Waals surface area contributed by atoms with Crippen molar-refractivity contribution in [3.63, 3.8) is 0 Å². The van der Waals surface area contributed by atoms with Gasteiger partial charge in [0.15, 0.2) is 0 Å². The van der Waals surface area contributed by atoms with Gasteiger partial charge in [0.25, 0.3) is 5.91 Å². The Balaban J connectivity index is 1.96. The predicted octanol–water partition coefficient (Wildman–Crippen LogP) is 2.53. The van der Waals surface area contributed by atoms with Crippen molar-refractivity contribution in [1.82, 2.24) is 10.3 Å². The largest absolute Gasteiger partial charge is 0.351 e. The van der Waals surface area contributed by atoms with Gasteiger partial charge >= 0.3 is 0 Å². The van der Waals surface area contributed by atoms with Crippen LogP contribution in [0, 0.1) is 11.4 Å². The number of pyridine rings is 1. The second-order valence-corrected chi connectivity index (χ2v) is 4.73. The minimum atomic E-state index is -0.704. The molecule has 0 aromatic carbocycles. The highest BCUT2D eigenvalue weighted by Crippen LogP contribution is 2.43. The molecule has 0 atom stereocenters. The summed E-state index contributed by atoms with van der Waals surface area (Å²) in [6, 6.07) is 3.02. The summed E-state index contributed by atoms with van der Waals surface area (Å²) < 4.78 is 13.3. The summed E-state index contributed by atoms with van der Waals surface area (Å²) in [4.78, 5) is 15.2. The molecule has 1 aliphatic carbocycles. The van der Waals surface area contributed by atoms with Gasteiger partial charge in [0.2, 0.25) is 5.95 Å². The van der Waals surface area contributed by atoms with E-state index in [1.807, 2.05) is 0 Å². The number of aromatic nitrogens is 1. The highest BCUT2D eigenvalue weighted by Gasteiger charge is 2.35. The third-order valence-electron chi connectivity index (χ3n) is 3.79. The molecule has 1 aromatic heterocycles. The second kappa shape index (κ2) is 4.82. The van der Waals surface area contributed by atoms with Crippen molar-refractivity contribution in [2.45, 2.75) is 32.6 Å². The van der Waals surface area contributed by atoms with Crippen molar-refractivity contribution in [3.05, 3.63) is 29.8 Å². The topological polar surface area (TPSA) is 42.0 Å². The molecule has 1 fully saturated rings. The summed E-state index contributed by atoms with van der Waals surface area (Å²) >= 11 is 0. The molecule has 3 nitrogen and oxygen atoms in total. The first kappa shape index (κ1) is 12.0. The van der Waals surface area contributed by atoms with Crippen LogP contribution in [-0.4, -0.2) is 17.4 Å². The quantitative estimate of drug-likeness (QED) is 0.816. The van der Waals surface area contributed by atoms with Gasteiger partial charge < -0.3 is 5.32 Å². The molecule has 4 heteroatoms. The lowest BCUT2D eigenvalue weighted by Gasteiger charge is -2.41. The molecular weight excluding hydrogens is 219 g/mol. The number of hydrogen-bond acceptors (Lipinski definition) is 2. The van der Waals surface area contributed by atoms with Gasteiger partial charge in [0.1, 0.15) is 0 Å². The lowest BCUT2D eigenvalue weighted by Crippen LogP contribution is -2.41. The van der Waals surface area contributed by atoms with Crippen LogP contribution in [-0.2, 0) is 0 Å². The van der Waals surface area contributed by atoms with E-state index in [0.29, 0.717) is 6.54 Å². The van der Waals surface area contributed by atoms with Crippen LogP contribution >= 0.6 is 0 Å². The molecule has 0 unspecified atom stereocenters. The van der Waals surface area contributed by atoms with Crippen LogP contribution in [0.2, 0.25) is 0 Å². The Bertz CT molecular complexity index is 410. The minimum Gasteiger partial charge on any atom is -0.351 e. The Hall–Kier alpha value is -1.45. The number of nitrogens with zero attached hydrogens (tertiary/aromatic N) is 1. The van der Waals surface area contributed by atoms with E-state index in [1.165, 1.54) is 18.7 Å². The first-order chi connectivity index (χ1) is 8.17. The number of hydrogen-bond donors (Lipinski definition) is 1. The maximum Gasteiger partial charge on any atom is 0.255 e. The number of nitrogens with one attached hydrogen (secondary N) is 1. The van der Waals surface area contributed by atoms with E-state index < -0.39 is 5.95 Å². The summed E-state index contributed by atoms with van der Waals surface area (Å²) in [5, 5.41) is 2.81. The van der Waals surface area contributed by atoms with Gasteiger partial charge in [-0.05, 0) is 36.8 Å². The van der Waals surface area contributed by atoms with Crippen LogP contribution in [0.5, 0.6) is 0 Å². The van der Waals surface area contributed by atoms with Gasteiger partial charge in [0.05, 0.1) is 5.56 Å². The molecule has 0 bridgehead atoms. The minimum absolute atomic E-state index is 0.0260. The van der Waals surface area contributed by atoms with E-state index >= 15 is 0 Å². The molecule has 1 aromatic rings.